The Balaban J connectivity index is 2.77. The number of anilines is 1. The summed E-state index contributed by atoms with van der Waals surface area (Å²) in [6.07, 6.45) is 1.34. The predicted octanol–water partition coefficient (Wildman–Crippen LogP) is 1.91. The lowest BCUT2D eigenvalue weighted by Gasteiger charge is -2.03. The van der Waals surface area contributed by atoms with Gasteiger partial charge in [-0.1, -0.05) is 18.7 Å². The minimum absolute atomic E-state index is 0.540. The highest BCUT2D eigenvalue weighted by molar-refractivity contribution is 5.67. The first-order chi connectivity index (χ1) is 6.24. The van der Waals surface area contributed by atoms with E-state index in [9.17, 15) is 0 Å². The third-order valence-corrected chi connectivity index (χ3v) is 1.51. The first-order valence-corrected chi connectivity index (χ1v) is 3.86. The standard InChI is InChI=1S/C10H12N2O/c1-8(13-7-12-2)9-4-3-5-10(11)6-9/h3-7H,1,11H2,2H3. The molecule has 68 valence electrons. The van der Waals surface area contributed by atoms with E-state index in [4.69, 9.17) is 10.5 Å². The Labute approximate surface area is 77.6 Å². The van der Waals surface area contributed by atoms with Gasteiger partial charge in [0.25, 0.3) is 0 Å². The van der Waals surface area contributed by atoms with E-state index in [-0.39, 0.29) is 0 Å². The van der Waals surface area contributed by atoms with Gasteiger partial charge in [-0.2, -0.15) is 0 Å². The molecule has 0 spiro atoms. The molecule has 0 radical (unpaired) electrons. The Bertz CT molecular complexity index is 331. The second-order valence-electron chi connectivity index (χ2n) is 2.53. The van der Waals surface area contributed by atoms with Gasteiger partial charge in [0.1, 0.15) is 5.76 Å². The average Bonchev–Trinajstić information content (AvgIpc) is 2.14. The summed E-state index contributed by atoms with van der Waals surface area (Å²) >= 11 is 0. The summed E-state index contributed by atoms with van der Waals surface area (Å²) in [6.45, 7) is 3.73. The van der Waals surface area contributed by atoms with Crippen LogP contribution in [-0.2, 0) is 4.74 Å². The summed E-state index contributed by atoms with van der Waals surface area (Å²) < 4.78 is 5.09. The van der Waals surface area contributed by atoms with Crippen molar-refractivity contribution in [3.63, 3.8) is 0 Å². The molecule has 2 N–H and O–H groups in total. The topological polar surface area (TPSA) is 47.6 Å². The van der Waals surface area contributed by atoms with Crippen molar-refractivity contribution in [2.45, 2.75) is 0 Å². The van der Waals surface area contributed by atoms with E-state index in [0.29, 0.717) is 11.4 Å². The fraction of sp³-hybridized carbons (Fsp3) is 0.100. The molecular formula is C10H12N2O. The molecule has 0 heterocycles. The van der Waals surface area contributed by atoms with Crippen LogP contribution in [0.3, 0.4) is 0 Å². The summed E-state index contributed by atoms with van der Waals surface area (Å²) in [6, 6.07) is 7.33. The third kappa shape index (κ3) is 2.63. The van der Waals surface area contributed by atoms with Crippen LogP contribution in [0.15, 0.2) is 35.8 Å². The molecule has 3 nitrogen and oxygen atoms in total. The van der Waals surface area contributed by atoms with Gasteiger partial charge in [0.2, 0.25) is 0 Å². The number of aliphatic imine (C=N–C) groups is 1. The van der Waals surface area contributed by atoms with Crippen molar-refractivity contribution in [2.75, 3.05) is 12.8 Å². The van der Waals surface area contributed by atoms with Gasteiger partial charge in [0.15, 0.2) is 6.40 Å². The Morgan fingerprint density at radius 3 is 3.00 bits per heavy atom. The van der Waals surface area contributed by atoms with Crippen molar-refractivity contribution in [1.82, 2.24) is 0 Å². The molecule has 0 saturated carbocycles. The van der Waals surface area contributed by atoms with E-state index in [0.717, 1.165) is 5.56 Å². The smallest absolute Gasteiger partial charge is 0.176 e. The van der Waals surface area contributed by atoms with Gasteiger partial charge < -0.3 is 10.5 Å². The fourth-order valence-corrected chi connectivity index (χ4v) is 0.896. The number of hydrogen-bond acceptors (Lipinski definition) is 3. The number of benzene rings is 1. The second kappa shape index (κ2) is 4.30. The van der Waals surface area contributed by atoms with Gasteiger partial charge in [0, 0.05) is 18.3 Å². The van der Waals surface area contributed by atoms with Gasteiger partial charge in [-0.3, -0.25) is 4.99 Å². The normalized spacial score (nSPS) is 10.2. The van der Waals surface area contributed by atoms with Crippen LogP contribution in [0.2, 0.25) is 0 Å². The van der Waals surface area contributed by atoms with Crippen molar-refractivity contribution >= 4 is 17.8 Å². The zero-order chi connectivity index (χ0) is 9.68. The lowest BCUT2D eigenvalue weighted by atomic mass is 10.2. The van der Waals surface area contributed by atoms with Crippen LogP contribution >= 0.6 is 0 Å². The van der Waals surface area contributed by atoms with Crippen LogP contribution in [0, 0.1) is 0 Å². The highest BCUT2D eigenvalue weighted by Crippen LogP contribution is 2.15. The Hall–Kier alpha value is -1.77. The number of nitrogens with zero attached hydrogens (tertiary/aromatic N) is 1. The molecule has 1 aromatic carbocycles. The van der Waals surface area contributed by atoms with Crippen LogP contribution in [0.5, 0.6) is 0 Å². The number of hydrogen-bond donors (Lipinski definition) is 1. The van der Waals surface area contributed by atoms with Gasteiger partial charge in [-0.15, -0.1) is 0 Å². The maximum absolute atomic E-state index is 5.59. The molecule has 0 aliphatic heterocycles. The van der Waals surface area contributed by atoms with Crippen LogP contribution in [0.25, 0.3) is 5.76 Å². The minimum Gasteiger partial charge on any atom is -0.446 e. The predicted molar refractivity (Wildman–Crippen MR) is 55.4 cm³/mol. The van der Waals surface area contributed by atoms with E-state index >= 15 is 0 Å². The maximum Gasteiger partial charge on any atom is 0.176 e. The molecule has 0 bridgehead atoms. The molecule has 0 unspecified atom stereocenters. The van der Waals surface area contributed by atoms with E-state index < -0.39 is 0 Å². The van der Waals surface area contributed by atoms with Crippen LogP contribution in [0.1, 0.15) is 5.56 Å². The SMILES string of the molecule is C=C(OC=NC)c1cccc(N)c1. The quantitative estimate of drug-likeness (QED) is 0.331. The Morgan fingerprint density at radius 1 is 1.62 bits per heavy atom. The Morgan fingerprint density at radius 2 is 2.38 bits per heavy atom. The number of rotatable bonds is 3. The first kappa shape index (κ1) is 9.32. The largest absolute Gasteiger partial charge is 0.446 e. The summed E-state index contributed by atoms with van der Waals surface area (Å²) in [5.74, 6) is 0.540. The van der Waals surface area contributed by atoms with Crippen molar-refractivity contribution < 1.29 is 4.74 Å². The van der Waals surface area contributed by atoms with Gasteiger partial charge >= 0.3 is 0 Å². The van der Waals surface area contributed by atoms with Crippen molar-refractivity contribution in [1.29, 1.82) is 0 Å². The lowest BCUT2D eigenvalue weighted by molar-refractivity contribution is 0.531. The molecule has 1 rings (SSSR count). The molecule has 1 aromatic rings. The van der Waals surface area contributed by atoms with Crippen LogP contribution < -0.4 is 5.73 Å². The fourth-order valence-electron chi connectivity index (χ4n) is 0.896. The van der Waals surface area contributed by atoms with Crippen LogP contribution in [-0.4, -0.2) is 13.4 Å². The van der Waals surface area contributed by atoms with Gasteiger partial charge in [-0.05, 0) is 12.1 Å². The molecular weight excluding hydrogens is 164 g/mol. The lowest BCUT2D eigenvalue weighted by Crippen LogP contribution is -1.90. The number of ether oxygens (including phenoxy) is 1. The van der Waals surface area contributed by atoms with E-state index in [1.807, 2.05) is 18.2 Å². The van der Waals surface area contributed by atoms with Gasteiger partial charge in [0.05, 0.1) is 0 Å². The highest BCUT2D eigenvalue weighted by atomic mass is 16.5. The first-order valence-electron chi connectivity index (χ1n) is 3.86. The van der Waals surface area contributed by atoms with E-state index in [1.165, 1.54) is 6.40 Å². The molecule has 0 aliphatic rings. The minimum atomic E-state index is 0.540. The van der Waals surface area contributed by atoms with E-state index in [1.54, 1.807) is 13.1 Å². The third-order valence-electron chi connectivity index (χ3n) is 1.51. The Kier molecular flexibility index (Phi) is 3.09. The van der Waals surface area contributed by atoms with Crippen molar-refractivity contribution in [3.05, 3.63) is 36.4 Å². The zero-order valence-corrected chi connectivity index (χ0v) is 7.53. The summed E-state index contributed by atoms with van der Waals surface area (Å²) in [5, 5.41) is 0. The molecule has 13 heavy (non-hydrogen) atoms. The average molecular weight is 176 g/mol. The summed E-state index contributed by atoms with van der Waals surface area (Å²) in [5.41, 5.74) is 7.15. The van der Waals surface area contributed by atoms with Crippen molar-refractivity contribution in [2.24, 2.45) is 4.99 Å². The summed E-state index contributed by atoms with van der Waals surface area (Å²) in [7, 11) is 1.63. The molecule has 0 atom stereocenters. The van der Waals surface area contributed by atoms with Gasteiger partial charge in [-0.25, -0.2) is 0 Å². The monoisotopic (exact) mass is 176 g/mol. The molecule has 3 heteroatoms. The maximum atomic E-state index is 5.59. The molecule has 0 aromatic heterocycles. The van der Waals surface area contributed by atoms with Crippen LogP contribution in [0.4, 0.5) is 5.69 Å². The molecule has 0 aliphatic carbocycles. The second-order valence-corrected chi connectivity index (χ2v) is 2.53. The summed E-state index contributed by atoms with van der Waals surface area (Å²) in [4.78, 5) is 3.68. The molecule has 0 fully saturated rings. The molecule has 0 saturated heterocycles. The number of nitrogen functional groups attached to an aromatic ring is 1. The number of nitrogens with two attached hydrogens (primary N) is 1. The van der Waals surface area contributed by atoms with Crippen molar-refractivity contribution in [3.8, 4) is 0 Å². The molecule has 0 amide bonds. The van der Waals surface area contributed by atoms with E-state index in [2.05, 4.69) is 11.6 Å². The zero-order valence-electron chi connectivity index (χ0n) is 7.53. The highest BCUT2D eigenvalue weighted by Gasteiger charge is 1.97.